The number of aromatic nitrogens is 2. The number of rotatable bonds is 1. The SMILES string of the molecule is [CH2-]CCC.[Li+].c1cnc2c(c1)ccc1cccnc12. The molecule has 0 bridgehead atoms. The maximum atomic E-state index is 4.35. The van der Waals surface area contributed by atoms with Crippen molar-refractivity contribution in [3.05, 3.63) is 55.7 Å². The van der Waals surface area contributed by atoms with Crippen molar-refractivity contribution in [2.24, 2.45) is 0 Å². The van der Waals surface area contributed by atoms with E-state index in [9.17, 15) is 0 Å². The van der Waals surface area contributed by atoms with Gasteiger partial charge in [-0.15, -0.1) is 0 Å². The van der Waals surface area contributed by atoms with Gasteiger partial charge in [0.25, 0.3) is 0 Å². The zero-order valence-corrected chi connectivity index (χ0v) is 11.6. The van der Waals surface area contributed by atoms with Gasteiger partial charge in [0.2, 0.25) is 0 Å². The Morgan fingerprint density at radius 1 is 0.895 bits per heavy atom. The fourth-order valence-electron chi connectivity index (χ4n) is 1.68. The molecular formula is C16H17LiN2. The summed E-state index contributed by atoms with van der Waals surface area (Å²) >= 11 is 0. The Labute approximate surface area is 126 Å². The van der Waals surface area contributed by atoms with Crippen LogP contribution in [-0.4, -0.2) is 9.97 Å². The summed E-state index contributed by atoms with van der Waals surface area (Å²) in [7, 11) is 0. The molecule has 1 aromatic carbocycles. The Kier molecular flexibility index (Phi) is 6.56. The van der Waals surface area contributed by atoms with Crippen LogP contribution in [0.4, 0.5) is 0 Å². The monoisotopic (exact) mass is 244 g/mol. The van der Waals surface area contributed by atoms with Crippen LogP contribution in [-0.2, 0) is 0 Å². The smallest absolute Gasteiger partial charge is 0.343 e. The van der Waals surface area contributed by atoms with E-state index in [1.807, 2.05) is 12.1 Å². The predicted molar refractivity (Wildman–Crippen MR) is 77.3 cm³/mol. The molecule has 2 heterocycles. The molecule has 0 aliphatic carbocycles. The molecule has 3 aromatic rings. The van der Waals surface area contributed by atoms with Gasteiger partial charge in [-0.25, -0.2) is 0 Å². The van der Waals surface area contributed by atoms with Crippen LogP contribution in [0.25, 0.3) is 21.8 Å². The maximum Gasteiger partial charge on any atom is 1.00 e. The zero-order valence-electron chi connectivity index (χ0n) is 11.6. The van der Waals surface area contributed by atoms with Gasteiger partial charge in [0.05, 0.1) is 11.0 Å². The Balaban J connectivity index is 0.000000323. The molecule has 2 nitrogen and oxygen atoms in total. The molecule has 0 amide bonds. The Bertz CT molecular complexity index is 581. The standard InChI is InChI=1S/C12H8N2.C4H9.Li/c1-3-9-5-6-10-4-2-8-14-12(10)11(9)13-7-1;1-3-4-2;/h1-8H;1,3-4H2,2H3;/q;-1;+1. The number of fused-ring (bicyclic) bond motifs is 3. The van der Waals surface area contributed by atoms with E-state index in [-0.39, 0.29) is 18.9 Å². The van der Waals surface area contributed by atoms with E-state index in [1.54, 1.807) is 12.4 Å². The molecule has 0 saturated carbocycles. The molecule has 19 heavy (non-hydrogen) atoms. The summed E-state index contributed by atoms with van der Waals surface area (Å²) in [6.45, 7) is 5.72. The average molecular weight is 244 g/mol. The average Bonchev–Trinajstić information content (AvgIpc) is 2.47. The molecule has 0 aliphatic heterocycles. The van der Waals surface area contributed by atoms with Gasteiger partial charge >= 0.3 is 18.9 Å². The zero-order chi connectivity index (χ0) is 12.8. The van der Waals surface area contributed by atoms with Crippen molar-refractivity contribution < 1.29 is 18.9 Å². The van der Waals surface area contributed by atoms with Gasteiger partial charge in [0, 0.05) is 23.2 Å². The fraction of sp³-hybridized carbons (Fsp3) is 0.188. The molecule has 0 fully saturated rings. The van der Waals surface area contributed by atoms with Gasteiger partial charge in [0.15, 0.2) is 0 Å². The molecule has 0 atom stereocenters. The first-order chi connectivity index (χ1) is 8.86. The van der Waals surface area contributed by atoms with E-state index in [4.69, 9.17) is 0 Å². The van der Waals surface area contributed by atoms with Gasteiger partial charge in [0.1, 0.15) is 0 Å². The van der Waals surface area contributed by atoms with Crippen LogP contribution in [0.15, 0.2) is 48.8 Å². The number of benzene rings is 1. The van der Waals surface area contributed by atoms with Crippen LogP contribution in [0.3, 0.4) is 0 Å². The van der Waals surface area contributed by atoms with Crippen molar-refractivity contribution in [3.63, 3.8) is 0 Å². The molecule has 0 radical (unpaired) electrons. The number of hydrogen-bond acceptors (Lipinski definition) is 2. The van der Waals surface area contributed by atoms with Crippen molar-refractivity contribution in [1.29, 1.82) is 0 Å². The molecule has 3 heteroatoms. The normalized spacial score (nSPS) is 9.58. The van der Waals surface area contributed by atoms with Gasteiger partial charge in [-0.05, 0) is 12.1 Å². The van der Waals surface area contributed by atoms with Crippen molar-refractivity contribution >= 4 is 21.8 Å². The molecule has 2 aromatic heterocycles. The number of nitrogens with zero attached hydrogens (tertiary/aromatic N) is 2. The second-order valence-electron chi connectivity index (χ2n) is 4.07. The molecule has 0 spiro atoms. The van der Waals surface area contributed by atoms with Crippen LogP contribution in [0, 0.1) is 6.92 Å². The quantitative estimate of drug-likeness (QED) is 0.367. The molecule has 0 unspecified atom stereocenters. The summed E-state index contributed by atoms with van der Waals surface area (Å²) in [6.07, 6.45) is 5.88. The van der Waals surface area contributed by atoms with Gasteiger partial charge < -0.3 is 6.92 Å². The van der Waals surface area contributed by atoms with E-state index in [2.05, 4.69) is 48.1 Å². The molecule has 92 valence electrons. The van der Waals surface area contributed by atoms with Crippen LogP contribution in [0.5, 0.6) is 0 Å². The molecule has 0 saturated heterocycles. The van der Waals surface area contributed by atoms with Crippen molar-refractivity contribution in [3.8, 4) is 0 Å². The third-order valence-electron chi connectivity index (χ3n) is 2.70. The van der Waals surface area contributed by atoms with Crippen LogP contribution in [0.2, 0.25) is 0 Å². The van der Waals surface area contributed by atoms with E-state index < -0.39 is 0 Å². The van der Waals surface area contributed by atoms with E-state index in [1.165, 1.54) is 6.42 Å². The largest absolute Gasteiger partial charge is 1.00 e. The topological polar surface area (TPSA) is 25.8 Å². The third-order valence-corrected chi connectivity index (χ3v) is 2.70. The van der Waals surface area contributed by atoms with Crippen LogP contribution < -0.4 is 18.9 Å². The minimum Gasteiger partial charge on any atom is -0.343 e. The van der Waals surface area contributed by atoms with E-state index in [0.717, 1.165) is 28.2 Å². The van der Waals surface area contributed by atoms with Gasteiger partial charge in [-0.3, -0.25) is 9.97 Å². The van der Waals surface area contributed by atoms with E-state index in [0.29, 0.717) is 0 Å². The second-order valence-corrected chi connectivity index (χ2v) is 4.07. The summed E-state index contributed by atoms with van der Waals surface area (Å²) in [5.41, 5.74) is 1.95. The van der Waals surface area contributed by atoms with Crippen molar-refractivity contribution in [2.75, 3.05) is 0 Å². The number of pyridine rings is 2. The first kappa shape index (κ1) is 15.7. The molecule has 3 rings (SSSR count). The minimum absolute atomic E-state index is 0. The van der Waals surface area contributed by atoms with Crippen molar-refractivity contribution in [1.82, 2.24) is 9.97 Å². The summed E-state index contributed by atoms with van der Waals surface area (Å²) in [6, 6.07) is 12.1. The first-order valence-electron chi connectivity index (χ1n) is 6.24. The summed E-state index contributed by atoms with van der Waals surface area (Å²) in [5, 5.41) is 2.28. The fourth-order valence-corrected chi connectivity index (χ4v) is 1.68. The summed E-state index contributed by atoms with van der Waals surface area (Å²) in [5.74, 6) is 0. The van der Waals surface area contributed by atoms with Crippen molar-refractivity contribution in [2.45, 2.75) is 19.8 Å². The molecule has 0 aliphatic rings. The predicted octanol–water partition coefficient (Wildman–Crippen LogP) is 1.41. The second kappa shape index (κ2) is 7.94. The van der Waals surface area contributed by atoms with Crippen LogP contribution >= 0.6 is 0 Å². The Hall–Kier alpha value is -1.36. The summed E-state index contributed by atoms with van der Waals surface area (Å²) < 4.78 is 0. The minimum atomic E-state index is 0. The number of unbranched alkanes of at least 4 members (excludes halogenated alkanes) is 1. The first-order valence-corrected chi connectivity index (χ1v) is 6.24. The summed E-state index contributed by atoms with van der Waals surface area (Å²) in [4.78, 5) is 8.69. The van der Waals surface area contributed by atoms with Crippen LogP contribution in [0.1, 0.15) is 19.8 Å². The van der Waals surface area contributed by atoms with Gasteiger partial charge in [-0.1, -0.05) is 37.6 Å². The molecular weight excluding hydrogens is 227 g/mol. The van der Waals surface area contributed by atoms with E-state index >= 15 is 0 Å². The number of hydrogen-bond donors (Lipinski definition) is 0. The Morgan fingerprint density at radius 3 is 1.68 bits per heavy atom. The Morgan fingerprint density at radius 2 is 1.32 bits per heavy atom. The maximum absolute atomic E-state index is 4.35. The van der Waals surface area contributed by atoms with Gasteiger partial charge in [-0.2, -0.15) is 6.42 Å². The molecule has 0 N–H and O–H groups in total. The third kappa shape index (κ3) is 3.80.